The van der Waals surface area contributed by atoms with E-state index in [0.717, 1.165) is 0 Å². The van der Waals surface area contributed by atoms with Gasteiger partial charge >= 0.3 is 0 Å². The number of amides is 1. The molecule has 1 amide bonds. The molecule has 12 heavy (non-hydrogen) atoms. The van der Waals surface area contributed by atoms with Crippen molar-refractivity contribution in [1.29, 1.82) is 0 Å². The third kappa shape index (κ3) is 5.05. The predicted molar refractivity (Wildman–Crippen MR) is 50.8 cm³/mol. The minimum absolute atomic E-state index is 0.0774. The molecular weight excluding hydrogens is 174 g/mol. The Morgan fingerprint density at radius 3 is 3.00 bits per heavy atom. The molecule has 0 aromatic heterocycles. The Hall–Kier alpha value is -0.660. The minimum atomic E-state index is -0.148. The van der Waals surface area contributed by atoms with E-state index in [0.29, 0.717) is 5.75 Å². The van der Waals surface area contributed by atoms with Crippen LogP contribution >= 0.6 is 11.8 Å². The number of rotatable bonds is 5. The Kier molecular flexibility index (Phi) is 6.63. The average Bonchev–Trinajstić information content (AvgIpc) is 2.10. The third-order valence-electron chi connectivity index (χ3n) is 1.19. The topological polar surface area (TPSA) is 49.3 Å². The maximum absolute atomic E-state index is 11.1. The highest BCUT2D eigenvalue weighted by molar-refractivity contribution is 8.00. The van der Waals surface area contributed by atoms with Crippen LogP contribution in [0, 0.1) is 12.3 Å². The van der Waals surface area contributed by atoms with Crippen LogP contribution in [0.5, 0.6) is 0 Å². The first-order chi connectivity index (χ1) is 5.72. The van der Waals surface area contributed by atoms with Gasteiger partial charge in [-0.25, -0.2) is 0 Å². The van der Waals surface area contributed by atoms with Crippen molar-refractivity contribution in [2.24, 2.45) is 0 Å². The molecule has 0 aromatic carbocycles. The molecule has 0 radical (unpaired) electrons. The van der Waals surface area contributed by atoms with Crippen molar-refractivity contribution in [3.8, 4) is 12.3 Å². The number of aliphatic hydroxyl groups is 1. The smallest absolute Gasteiger partial charge is 0.233 e. The number of thioether (sulfide) groups is 1. The number of nitrogens with one attached hydrogen (secondary N) is 1. The van der Waals surface area contributed by atoms with Gasteiger partial charge in [-0.2, -0.15) is 0 Å². The van der Waals surface area contributed by atoms with Crippen LogP contribution in [0.25, 0.3) is 0 Å². The number of terminal acetylenes is 1. The summed E-state index contributed by atoms with van der Waals surface area (Å²) in [5.41, 5.74) is 0. The molecule has 3 nitrogen and oxygen atoms in total. The maximum atomic E-state index is 11.1. The molecule has 0 fully saturated rings. The Morgan fingerprint density at radius 2 is 2.50 bits per heavy atom. The maximum Gasteiger partial charge on any atom is 0.233 e. The number of aliphatic hydroxyl groups excluding tert-OH is 1. The SMILES string of the molecule is C#CCNC(=O)C(C)SCCO. The Balaban J connectivity index is 3.55. The lowest BCUT2D eigenvalue weighted by Crippen LogP contribution is -2.31. The van der Waals surface area contributed by atoms with Crippen molar-refractivity contribution in [2.75, 3.05) is 18.9 Å². The first-order valence-electron chi connectivity index (χ1n) is 3.66. The van der Waals surface area contributed by atoms with E-state index in [-0.39, 0.29) is 24.3 Å². The van der Waals surface area contributed by atoms with E-state index < -0.39 is 0 Å². The van der Waals surface area contributed by atoms with Crippen LogP contribution in [0.2, 0.25) is 0 Å². The standard InChI is InChI=1S/C8H13NO2S/c1-3-4-9-8(11)7(2)12-6-5-10/h1,7,10H,4-6H2,2H3,(H,9,11). The van der Waals surface area contributed by atoms with E-state index in [1.165, 1.54) is 11.8 Å². The lowest BCUT2D eigenvalue weighted by atomic mass is 10.4. The summed E-state index contributed by atoms with van der Waals surface area (Å²) in [4.78, 5) is 11.1. The molecule has 2 N–H and O–H groups in total. The number of carbonyl (C=O) groups is 1. The van der Waals surface area contributed by atoms with Crippen LogP contribution in [0.1, 0.15) is 6.92 Å². The van der Waals surface area contributed by atoms with Crippen molar-refractivity contribution < 1.29 is 9.90 Å². The van der Waals surface area contributed by atoms with Gasteiger partial charge < -0.3 is 10.4 Å². The largest absolute Gasteiger partial charge is 0.396 e. The fourth-order valence-electron chi connectivity index (χ4n) is 0.587. The molecule has 0 saturated heterocycles. The van der Waals surface area contributed by atoms with Crippen LogP contribution in [-0.2, 0) is 4.79 Å². The summed E-state index contributed by atoms with van der Waals surface area (Å²) in [6, 6.07) is 0. The molecule has 0 aliphatic carbocycles. The number of hydrogen-bond acceptors (Lipinski definition) is 3. The Bertz CT molecular complexity index is 176. The van der Waals surface area contributed by atoms with E-state index in [2.05, 4.69) is 11.2 Å². The van der Waals surface area contributed by atoms with Crippen LogP contribution in [-0.4, -0.2) is 35.2 Å². The predicted octanol–water partition coefficient (Wildman–Crippen LogP) is -0.150. The molecule has 0 aromatic rings. The van der Waals surface area contributed by atoms with E-state index in [4.69, 9.17) is 11.5 Å². The van der Waals surface area contributed by atoms with Crippen molar-refractivity contribution in [2.45, 2.75) is 12.2 Å². The lowest BCUT2D eigenvalue weighted by Gasteiger charge is -2.08. The molecule has 0 heterocycles. The first-order valence-corrected chi connectivity index (χ1v) is 4.71. The summed E-state index contributed by atoms with van der Waals surface area (Å²) in [5, 5.41) is 10.9. The molecule has 68 valence electrons. The normalized spacial score (nSPS) is 11.8. The molecule has 0 rings (SSSR count). The van der Waals surface area contributed by atoms with Crippen molar-refractivity contribution in [1.82, 2.24) is 5.32 Å². The highest BCUT2D eigenvalue weighted by atomic mass is 32.2. The summed E-state index contributed by atoms with van der Waals surface area (Å²) >= 11 is 1.40. The van der Waals surface area contributed by atoms with E-state index in [1.807, 2.05) is 0 Å². The van der Waals surface area contributed by atoms with Crippen molar-refractivity contribution in [3.63, 3.8) is 0 Å². The van der Waals surface area contributed by atoms with Crippen molar-refractivity contribution in [3.05, 3.63) is 0 Å². The highest BCUT2D eigenvalue weighted by Crippen LogP contribution is 2.08. The lowest BCUT2D eigenvalue weighted by molar-refractivity contribution is -0.120. The summed E-state index contributed by atoms with van der Waals surface area (Å²) < 4.78 is 0. The fourth-order valence-corrected chi connectivity index (χ4v) is 1.28. The molecule has 0 bridgehead atoms. The van der Waals surface area contributed by atoms with Gasteiger partial charge in [0.2, 0.25) is 5.91 Å². The van der Waals surface area contributed by atoms with Crippen LogP contribution in [0.3, 0.4) is 0 Å². The summed E-state index contributed by atoms with van der Waals surface area (Å²) in [6.45, 7) is 2.15. The van der Waals surface area contributed by atoms with E-state index >= 15 is 0 Å². The molecule has 0 saturated carbocycles. The van der Waals surface area contributed by atoms with Gasteiger partial charge in [0, 0.05) is 5.75 Å². The summed E-state index contributed by atoms with van der Waals surface area (Å²) in [5.74, 6) is 2.82. The second-order valence-corrected chi connectivity index (χ2v) is 3.61. The molecule has 1 atom stereocenters. The second kappa shape index (κ2) is 7.01. The van der Waals surface area contributed by atoms with Gasteiger partial charge in [0.1, 0.15) is 0 Å². The Morgan fingerprint density at radius 1 is 1.83 bits per heavy atom. The van der Waals surface area contributed by atoms with Crippen LogP contribution in [0.4, 0.5) is 0 Å². The zero-order valence-electron chi connectivity index (χ0n) is 7.04. The molecule has 0 aliphatic rings. The zero-order valence-corrected chi connectivity index (χ0v) is 7.86. The molecule has 1 unspecified atom stereocenters. The number of hydrogen-bond donors (Lipinski definition) is 2. The van der Waals surface area contributed by atoms with E-state index in [9.17, 15) is 4.79 Å². The van der Waals surface area contributed by atoms with Crippen LogP contribution in [0.15, 0.2) is 0 Å². The Labute approximate surface area is 76.9 Å². The highest BCUT2D eigenvalue weighted by Gasteiger charge is 2.10. The summed E-state index contributed by atoms with van der Waals surface area (Å²) in [6.07, 6.45) is 4.97. The second-order valence-electron chi connectivity index (χ2n) is 2.16. The van der Waals surface area contributed by atoms with Gasteiger partial charge in [-0.05, 0) is 6.92 Å². The first kappa shape index (κ1) is 11.3. The van der Waals surface area contributed by atoms with Gasteiger partial charge in [0.05, 0.1) is 18.4 Å². The van der Waals surface area contributed by atoms with Gasteiger partial charge in [-0.15, -0.1) is 18.2 Å². The third-order valence-corrected chi connectivity index (χ3v) is 2.33. The number of carbonyl (C=O) groups excluding carboxylic acids is 1. The monoisotopic (exact) mass is 187 g/mol. The minimum Gasteiger partial charge on any atom is -0.396 e. The van der Waals surface area contributed by atoms with Gasteiger partial charge in [0.25, 0.3) is 0 Å². The fraction of sp³-hybridized carbons (Fsp3) is 0.625. The van der Waals surface area contributed by atoms with Crippen LogP contribution < -0.4 is 5.32 Å². The zero-order chi connectivity index (χ0) is 9.40. The molecule has 4 heteroatoms. The van der Waals surface area contributed by atoms with E-state index in [1.54, 1.807) is 6.92 Å². The van der Waals surface area contributed by atoms with Gasteiger partial charge in [-0.3, -0.25) is 4.79 Å². The molecule has 0 aliphatic heterocycles. The molecule has 0 spiro atoms. The quantitative estimate of drug-likeness (QED) is 0.588. The average molecular weight is 187 g/mol. The summed E-state index contributed by atoms with van der Waals surface area (Å²) in [7, 11) is 0. The molecular formula is C8H13NO2S. The van der Waals surface area contributed by atoms with Crippen molar-refractivity contribution >= 4 is 17.7 Å². The van der Waals surface area contributed by atoms with Gasteiger partial charge in [-0.1, -0.05) is 5.92 Å². The van der Waals surface area contributed by atoms with Gasteiger partial charge in [0.15, 0.2) is 0 Å².